The average molecular weight is 328 g/mol. The Labute approximate surface area is 139 Å². The van der Waals surface area contributed by atoms with Crippen molar-refractivity contribution in [2.24, 2.45) is 5.92 Å². The molecular weight excluding hydrogens is 310 g/mol. The number of hydrogen-bond acceptors (Lipinski definition) is 2. The summed E-state index contributed by atoms with van der Waals surface area (Å²) in [6.07, 6.45) is 4.18. The zero-order chi connectivity index (χ0) is 16.1. The van der Waals surface area contributed by atoms with Crippen LogP contribution < -0.4 is 0 Å². The Morgan fingerprint density at radius 3 is 2.96 bits per heavy atom. The van der Waals surface area contributed by atoms with Crippen LogP contribution in [-0.4, -0.2) is 20.4 Å². The van der Waals surface area contributed by atoms with E-state index in [0.717, 1.165) is 40.8 Å². The van der Waals surface area contributed by atoms with E-state index < -0.39 is 0 Å². The van der Waals surface area contributed by atoms with E-state index in [2.05, 4.69) is 16.9 Å². The number of aromatic amines is 1. The molecule has 23 heavy (non-hydrogen) atoms. The standard InChI is InChI=1S/C18H18ClN3O/c1-10-14-8-13(19)4-6-17(14)22-16(10)5-3-12(18(22)23)7-15-11(2)20-9-21-15/h4,6,8-9,12H,3,5,7H2,1-2H3,(H,20,21). The fraction of sp³-hybridized carbons (Fsp3) is 0.333. The first-order chi connectivity index (χ1) is 11.1. The number of rotatable bonds is 2. The van der Waals surface area contributed by atoms with Crippen LogP contribution in [0.5, 0.6) is 0 Å². The Kier molecular flexibility index (Phi) is 3.31. The van der Waals surface area contributed by atoms with Gasteiger partial charge in [-0.05, 0) is 50.5 Å². The number of halogens is 1. The third-order valence-corrected chi connectivity index (χ3v) is 5.21. The molecule has 0 saturated heterocycles. The number of aromatic nitrogens is 3. The lowest BCUT2D eigenvalue weighted by molar-refractivity contribution is 0.0808. The van der Waals surface area contributed by atoms with Crippen molar-refractivity contribution in [2.75, 3.05) is 0 Å². The molecule has 3 aromatic rings. The van der Waals surface area contributed by atoms with Gasteiger partial charge < -0.3 is 4.98 Å². The van der Waals surface area contributed by atoms with Gasteiger partial charge >= 0.3 is 0 Å². The molecule has 0 aliphatic carbocycles. The summed E-state index contributed by atoms with van der Waals surface area (Å²) in [6.45, 7) is 4.08. The molecular formula is C18H18ClN3O. The fourth-order valence-electron chi connectivity index (χ4n) is 3.66. The molecule has 1 N–H and O–H groups in total. The van der Waals surface area contributed by atoms with Crippen LogP contribution in [0.2, 0.25) is 5.02 Å². The van der Waals surface area contributed by atoms with Gasteiger partial charge in [-0.3, -0.25) is 9.36 Å². The highest BCUT2D eigenvalue weighted by Crippen LogP contribution is 2.34. The summed E-state index contributed by atoms with van der Waals surface area (Å²) in [6, 6.07) is 5.76. The van der Waals surface area contributed by atoms with Crippen molar-refractivity contribution in [2.45, 2.75) is 33.1 Å². The minimum Gasteiger partial charge on any atom is -0.348 e. The molecule has 118 valence electrons. The molecule has 0 fully saturated rings. The maximum absolute atomic E-state index is 13.1. The monoisotopic (exact) mass is 327 g/mol. The van der Waals surface area contributed by atoms with Crippen molar-refractivity contribution in [3.63, 3.8) is 0 Å². The zero-order valence-corrected chi connectivity index (χ0v) is 13.9. The molecule has 1 aromatic carbocycles. The Balaban J connectivity index is 1.78. The van der Waals surface area contributed by atoms with Gasteiger partial charge in [0.25, 0.3) is 0 Å². The second-order valence-corrected chi connectivity index (χ2v) is 6.76. The third kappa shape index (κ3) is 2.20. The maximum atomic E-state index is 13.1. The molecule has 1 unspecified atom stereocenters. The van der Waals surface area contributed by atoms with Crippen LogP contribution in [-0.2, 0) is 12.8 Å². The zero-order valence-electron chi connectivity index (χ0n) is 13.2. The molecule has 1 aliphatic rings. The lowest BCUT2D eigenvalue weighted by Crippen LogP contribution is -2.30. The van der Waals surface area contributed by atoms with Crippen molar-refractivity contribution >= 4 is 28.4 Å². The van der Waals surface area contributed by atoms with E-state index in [9.17, 15) is 4.79 Å². The van der Waals surface area contributed by atoms with Crippen molar-refractivity contribution in [1.29, 1.82) is 0 Å². The molecule has 4 rings (SSSR count). The number of nitrogens with one attached hydrogen (secondary N) is 1. The normalized spacial score (nSPS) is 17.7. The molecule has 1 atom stereocenters. The largest absolute Gasteiger partial charge is 0.348 e. The summed E-state index contributed by atoms with van der Waals surface area (Å²) in [7, 11) is 0. The average Bonchev–Trinajstić information content (AvgIpc) is 3.05. The van der Waals surface area contributed by atoms with E-state index in [-0.39, 0.29) is 11.8 Å². The topological polar surface area (TPSA) is 50.7 Å². The van der Waals surface area contributed by atoms with Gasteiger partial charge in [-0.25, -0.2) is 4.98 Å². The number of fused-ring (bicyclic) bond motifs is 3. The molecule has 0 radical (unpaired) electrons. The van der Waals surface area contributed by atoms with Gasteiger partial charge in [-0.2, -0.15) is 0 Å². The van der Waals surface area contributed by atoms with E-state index in [4.69, 9.17) is 11.6 Å². The first-order valence-electron chi connectivity index (χ1n) is 7.88. The number of H-pyrrole nitrogens is 1. The molecule has 0 amide bonds. The fourth-order valence-corrected chi connectivity index (χ4v) is 3.83. The molecule has 2 aromatic heterocycles. The first kappa shape index (κ1) is 14.5. The van der Waals surface area contributed by atoms with Gasteiger partial charge in [0.05, 0.1) is 17.5 Å². The SMILES string of the molecule is Cc1[nH]cnc1CC1CCc2c(C)c3cc(Cl)ccc3n2C1=O. The van der Waals surface area contributed by atoms with Crippen LogP contribution in [0, 0.1) is 19.8 Å². The Morgan fingerprint density at radius 2 is 2.22 bits per heavy atom. The lowest BCUT2D eigenvalue weighted by atomic mass is 9.91. The molecule has 0 saturated carbocycles. The highest BCUT2D eigenvalue weighted by Gasteiger charge is 2.31. The molecule has 0 spiro atoms. The van der Waals surface area contributed by atoms with Gasteiger partial charge in [-0.15, -0.1) is 0 Å². The Bertz CT molecular complexity index is 922. The molecule has 5 heteroatoms. The predicted octanol–water partition coefficient (Wildman–Crippen LogP) is 4.08. The molecule has 1 aliphatic heterocycles. The van der Waals surface area contributed by atoms with Crippen molar-refractivity contribution in [3.8, 4) is 0 Å². The van der Waals surface area contributed by atoms with Gasteiger partial charge in [0.2, 0.25) is 5.91 Å². The summed E-state index contributed by atoms with van der Waals surface area (Å²) < 4.78 is 1.90. The first-order valence-corrected chi connectivity index (χ1v) is 8.26. The van der Waals surface area contributed by atoms with E-state index in [1.807, 2.05) is 29.7 Å². The second kappa shape index (κ2) is 5.24. The second-order valence-electron chi connectivity index (χ2n) is 6.32. The highest BCUT2D eigenvalue weighted by atomic mass is 35.5. The smallest absolute Gasteiger partial charge is 0.234 e. The van der Waals surface area contributed by atoms with Gasteiger partial charge in [0.15, 0.2) is 0 Å². The molecule has 0 bridgehead atoms. The number of carbonyl (C=O) groups is 1. The van der Waals surface area contributed by atoms with E-state index in [1.165, 1.54) is 5.56 Å². The highest BCUT2D eigenvalue weighted by molar-refractivity contribution is 6.31. The van der Waals surface area contributed by atoms with Crippen LogP contribution in [0.4, 0.5) is 0 Å². The number of imidazole rings is 1. The van der Waals surface area contributed by atoms with E-state index in [1.54, 1.807) is 6.33 Å². The van der Waals surface area contributed by atoms with Crippen molar-refractivity contribution in [3.05, 3.63) is 52.2 Å². The summed E-state index contributed by atoms with van der Waals surface area (Å²) >= 11 is 6.13. The Hall–Kier alpha value is -2.07. The number of nitrogens with zero attached hydrogens (tertiary/aromatic N) is 2. The summed E-state index contributed by atoms with van der Waals surface area (Å²) in [5.41, 5.74) is 5.30. The Morgan fingerprint density at radius 1 is 1.39 bits per heavy atom. The minimum atomic E-state index is -0.0184. The van der Waals surface area contributed by atoms with Crippen molar-refractivity contribution < 1.29 is 4.79 Å². The molecule has 3 heterocycles. The summed E-state index contributed by atoms with van der Waals surface area (Å²) in [5.74, 6) is 0.157. The van der Waals surface area contributed by atoms with E-state index in [0.29, 0.717) is 11.4 Å². The van der Waals surface area contributed by atoms with Gasteiger partial charge in [0.1, 0.15) is 0 Å². The number of aryl methyl sites for hydroxylation is 2. The number of hydrogen-bond donors (Lipinski definition) is 1. The quantitative estimate of drug-likeness (QED) is 0.771. The maximum Gasteiger partial charge on any atom is 0.234 e. The third-order valence-electron chi connectivity index (χ3n) is 4.98. The summed E-state index contributed by atoms with van der Waals surface area (Å²) in [5, 5.41) is 1.79. The van der Waals surface area contributed by atoms with Crippen molar-refractivity contribution in [1.82, 2.24) is 14.5 Å². The van der Waals surface area contributed by atoms with E-state index >= 15 is 0 Å². The minimum absolute atomic E-state index is 0.0184. The number of benzene rings is 1. The lowest BCUT2D eigenvalue weighted by Gasteiger charge is -2.24. The van der Waals surface area contributed by atoms with Crippen LogP contribution in [0.3, 0.4) is 0 Å². The van der Waals surface area contributed by atoms with Crippen LogP contribution in [0.25, 0.3) is 10.9 Å². The molecule has 4 nitrogen and oxygen atoms in total. The van der Waals surface area contributed by atoms with Gasteiger partial charge in [0, 0.05) is 34.1 Å². The van der Waals surface area contributed by atoms with Crippen LogP contribution in [0.15, 0.2) is 24.5 Å². The van der Waals surface area contributed by atoms with Crippen LogP contribution in [0.1, 0.15) is 33.9 Å². The predicted molar refractivity (Wildman–Crippen MR) is 91.2 cm³/mol. The van der Waals surface area contributed by atoms with Crippen LogP contribution >= 0.6 is 11.6 Å². The number of carbonyl (C=O) groups excluding carboxylic acids is 1. The summed E-state index contributed by atoms with van der Waals surface area (Å²) in [4.78, 5) is 20.5. The van der Waals surface area contributed by atoms with Gasteiger partial charge in [-0.1, -0.05) is 11.6 Å².